The zero-order chi connectivity index (χ0) is 12.3. The first-order valence-corrected chi connectivity index (χ1v) is 5.62. The van der Waals surface area contributed by atoms with Crippen LogP contribution in [0.4, 0.5) is 5.00 Å². The third-order valence-corrected chi connectivity index (χ3v) is 2.97. The Morgan fingerprint density at radius 1 is 1.56 bits per heavy atom. The van der Waals surface area contributed by atoms with E-state index in [9.17, 15) is 9.59 Å². The number of nitrogen functional groups attached to an aromatic ring is 1. The van der Waals surface area contributed by atoms with Gasteiger partial charge in [-0.1, -0.05) is 13.8 Å². The van der Waals surface area contributed by atoms with Crippen LogP contribution in [0.3, 0.4) is 0 Å². The van der Waals surface area contributed by atoms with Crippen LogP contribution >= 0.6 is 11.3 Å². The molecule has 1 heterocycles. The summed E-state index contributed by atoms with van der Waals surface area (Å²) in [6, 6.07) is 1.49. The molecule has 0 radical (unpaired) electrons. The average Bonchev–Trinajstić information content (AvgIpc) is 2.56. The number of carbonyl (C=O) groups is 2. The minimum absolute atomic E-state index is 0.0659. The molecule has 16 heavy (non-hydrogen) atoms. The summed E-state index contributed by atoms with van der Waals surface area (Å²) in [4.78, 5) is 22.7. The quantitative estimate of drug-likeness (QED) is 0.742. The molecule has 1 amide bonds. The second kappa shape index (κ2) is 4.98. The van der Waals surface area contributed by atoms with Gasteiger partial charge in [0.1, 0.15) is 5.00 Å². The van der Waals surface area contributed by atoms with Crippen LogP contribution in [0, 0.1) is 5.92 Å². The van der Waals surface area contributed by atoms with Gasteiger partial charge in [-0.2, -0.15) is 0 Å². The summed E-state index contributed by atoms with van der Waals surface area (Å²) in [5.74, 6) is -1.20. The third kappa shape index (κ3) is 2.96. The van der Waals surface area contributed by atoms with Gasteiger partial charge in [-0.3, -0.25) is 4.79 Å². The maximum atomic E-state index is 11.3. The molecule has 0 aromatic carbocycles. The summed E-state index contributed by atoms with van der Waals surface area (Å²) >= 11 is 1.18. The van der Waals surface area contributed by atoms with Crippen molar-refractivity contribution in [3.63, 3.8) is 0 Å². The monoisotopic (exact) mass is 242 g/mol. The lowest BCUT2D eigenvalue weighted by atomic mass is 10.2. The number of nitrogens with two attached hydrogens (primary N) is 1. The molecule has 0 saturated heterocycles. The molecule has 0 aliphatic heterocycles. The predicted molar refractivity (Wildman–Crippen MR) is 62.4 cm³/mol. The van der Waals surface area contributed by atoms with Crippen molar-refractivity contribution in [1.29, 1.82) is 0 Å². The molecule has 1 rings (SSSR count). The molecule has 6 heteroatoms. The van der Waals surface area contributed by atoms with Crippen molar-refractivity contribution in [2.75, 3.05) is 5.73 Å². The highest BCUT2D eigenvalue weighted by molar-refractivity contribution is 7.16. The Morgan fingerprint density at radius 2 is 2.19 bits per heavy atom. The lowest BCUT2D eigenvalue weighted by molar-refractivity contribution is -0.124. The first-order valence-electron chi connectivity index (χ1n) is 4.81. The number of carbonyl (C=O) groups excluding carboxylic acids is 1. The van der Waals surface area contributed by atoms with E-state index >= 15 is 0 Å². The number of hydrogen-bond acceptors (Lipinski definition) is 4. The standard InChI is InChI=1S/C10H14N2O3S/c1-5(2)9(13)12-4-6-3-7(10(14)15)8(11)16-6/h3,5H,4,11H2,1-2H3,(H,12,13)(H,14,15). The Kier molecular flexibility index (Phi) is 3.89. The normalized spacial score (nSPS) is 10.4. The van der Waals surface area contributed by atoms with Crippen LogP contribution < -0.4 is 11.1 Å². The van der Waals surface area contributed by atoms with Gasteiger partial charge >= 0.3 is 5.97 Å². The SMILES string of the molecule is CC(C)C(=O)NCc1cc(C(=O)O)c(N)s1. The number of anilines is 1. The highest BCUT2D eigenvalue weighted by Gasteiger charge is 2.13. The molecular weight excluding hydrogens is 228 g/mol. The van der Waals surface area contributed by atoms with E-state index in [-0.39, 0.29) is 22.4 Å². The molecule has 0 aliphatic carbocycles. The number of amides is 1. The molecule has 1 aromatic heterocycles. The van der Waals surface area contributed by atoms with Crippen molar-refractivity contribution in [3.8, 4) is 0 Å². The van der Waals surface area contributed by atoms with Gasteiger partial charge in [-0.05, 0) is 6.07 Å². The van der Waals surface area contributed by atoms with E-state index in [0.717, 1.165) is 4.88 Å². The highest BCUT2D eigenvalue weighted by atomic mass is 32.1. The largest absolute Gasteiger partial charge is 0.478 e. The van der Waals surface area contributed by atoms with Gasteiger partial charge in [0.05, 0.1) is 12.1 Å². The zero-order valence-electron chi connectivity index (χ0n) is 9.11. The number of carboxylic acid groups (broad SMARTS) is 1. The van der Waals surface area contributed by atoms with Crippen LogP contribution in [0.2, 0.25) is 0 Å². The molecule has 0 aliphatic rings. The van der Waals surface area contributed by atoms with E-state index in [1.807, 2.05) is 0 Å². The first kappa shape index (κ1) is 12.5. The fraction of sp³-hybridized carbons (Fsp3) is 0.400. The number of carboxylic acids is 1. The van der Waals surface area contributed by atoms with Gasteiger partial charge in [0.25, 0.3) is 0 Å². The second-order valence-electron chi connectivity index (χ2n) is 3.67. The Bertz CT molecular complexity index is 412. The topological polar surface area (TPSA) is 92.4 Å². The van der Waals surface area contributed by atoms with E-state index in [1.165, 1.54) is 17.4 Å². The molecule has 1 aromatic rings. The van der Waals surface area contributed by atoms with Crippen LogP contribution in [0.25, 0.3) is 0 Å². The summed E-state index contributed by atoms with van der Waals surface area (Å²) in [7, 11) is 0. The van der Waals surface area contributed by atoms with Crippen molar-refractivity contribution >= 4 is 28.2 Å². The van der Waals surface area contributed by atoms with E-state index in [4.69, 9.17) is 10.8 Å². The molecule has 0 atom stereocenters. The second-order valence-corrected chi connectivity index (χ2v) is 4.84. The van der Waals surface area contributed by atoms with Crippen molar-refractivity contribution in [2.24, 2.45) is 5.92 Å². The Balaban J connectivity index is 2.65. The molecule has 0 unspecified atom stereocenters. The fourth-order valence-electron chi connectivity index (χ4n) is 1.09. The van der Waals surface area contributed by atoms with Gasteiger partial charge in [-0.15, -0.1) is 11.3 Å². The molecular formula is C10H14N2O3S. The van der Waals surface area contributed by atoms with E-state index in [2.05, 4.69) is 5.32 Å². The lowest BCUT2D eigenvalue weighted by Gasteiger charge is -2.05. The number of nitrogens with one attached hydrogen (secondary N) is 1. The van der Waals surface area contributed by atoms with Crippen LogP contribution in [-0.2, 0) is 11.3 Å². The lowest BCUT2D eigenvalue weighted by Crippen LogP contribution is -2.26. The van der Waals surface area contributed by atoms with Crippen LogP contribution in [0.5, 0.6) is 0 Å². The summed E-state index contributed by atoms with van der Waals surface area (Å²) in [5, 5.41) is 11.7. The highest BCUT2D eigenvalue weighted by Crippen LogP contribution is 2.24. The Morgan fingerprint density at radius 3 is 2.62 bits per heavy atom. The van der Waals surface area contributed by atoms with Crippen LogP contribution in [-0.4, -0.2) is 17.0 Å². The van der Waals surface area contributed by atoms with Gasteiger partial charge in [0, 0.05) is 10.8 Å². The van der Waals surface area contributed by atoms with Crippen LogP contribution in [0.1, 0.15) is 29.1 Å². The van der Waals surface area contributed by atoms with Crippen LogP contribution in [0.15, 0.2) is 6.07 Å². The van der Waals surface area contributed by atoms with E-state index < -0.39 is 5.97 Å². The molecule has 5 nitrogen and oxygen atoms in total. The molecule has 0 spiro atoms. The zero-order valence-corrected chi connectivity index (χ0v) is 9.93. The fourth-order valence-corrected chi connectivity index (χ4v) is 1.95. The van der Waals surface area contributed by atoms with Gasteiger partial charge in [-0.25, -0.2) is 4.79 Å². The van der Waals surface area contributed by atoms with Crippen molar-refractivity contribution in [3.05, 3.63) is 16.5 Å². The maximum Gasteiger partial charge on any atom is 0.338 e. The smallest absolute Gasteiger partial charge is 0.338 e. The molecule has 88 valence electrons. The van der Waals surface area contributed by atoms with Crippen molar-refractivity contribution in [1.82, 2.24) is 5.32 Å². The minimum atomic E-state index is -1.05. The molecule has 0 fully saturated rings. The van der Waals surface area contributed by atoms with Gasteiger partial charge in [0.2, 0.25) is 5.91 Å². The van der Waals surface area contributed by atoms with E-state index in [1.54, 1.807) is 13.8 Å². The minimum Gasteiger partial charge on any atom is -0.478 e. The predicted octanol–water partition coefficient (Wildman–Crippen LogP) is 1.30. The summed E-state index contributed by atoms with van der Waals surface area (Å²) in [5.41, 5.74) is 5.63. The summed E-state index contributed by atoms with van der Waals surface area (Å²) < 4.78 is 0. The van der Waals surface area contributed by atoms with Crippen molar-refractivity contribution < 1.29 is 14.7 Å². The molecule has 0 saturated carbocycles. The third-order valence-electron chi connectivity index (χ3n) is 2.00. The molecule has 4 N–H and O–H groups in total. The Labute approximate surface area is 97.3 Å². The number of thiophene rings is 1. The Hall–Kier alpha value is -1.56. The van der Waals surface area contributed by atoms with Gasteiger partial charge < -0.3 is 16.2 Å². The number of rotatable bonds is 4. The van der Waals surface area contributed by atoms with Crippen molar-refractivity contribution in [2.45, 2.75) is 20.4 Å². The summed E-state index contributed by atoms with van der Waals surface area (Å²) in [6.45, 7) is 3.90. The maximum absolute atomic E-state index is 11.3. The number of aromatic carboxylic acids is 1. The number of hydrogen-bond donors (Lipinski definition) is 3. The summed E-state index contributed by atoms with van der Waals surface area (Å²) in [6.07, 6.45) is 0. The van der Waals surface area contributed by atoms with E-state index in [0.29, 0.717) is 6.54 Å². The average molecular weight is 242 g/mol. The first-order chi connectivity index (χ1) is 7.41. The molecule has 0 bridgehead atoms. The van der Waals surface area contributed by atoms with Gasteiger partial charge in [0.15, 0.2) is 0 Å².